The molecule has 0 fully saturated rings. The molecule has 1 aromatic carbocycles. The van der Waals surface area contributed by atoms with E-state index in [2.05, 4.69) is 12.6 Å². The number of nitro benzene ring substituents is 1. The third-order valence-electron chi connectivity index (χ3n) is 2.19. The molecular formula is C11H15NO4S. The number of benzene rings is 1. The van der Waals surface area contributed by atoms with Gasteiger partial charge in [-0.15, -0.1) is 0 Å². The van der Waals surface area contributed by atoms with Gasteiger partial charge < -0.3 is 9.47 Å². The first-order chi connectivity index (χ1) is 8.08. The van der Waals surface area contributed by atoms with Crippen molar-refractivity contribution < 1.29 is 14.4 Å². The molecule has 17 heavy (non-hydrogen) atoms. The van der Waals surface area contributed by atoms with Gasteiger partial charge in [-0.05, 0) is 23.8 Å². The standard InChI is InChI=1S/C11H15NO4S/c1-8(7-17)6-16-9-3-4-11(15-2)10(5-9)12(13)14/h3-5,8,17H,6-7H2,1-2H3. The highest BCUT2D eigenvalue weighted by molar-refractivity contribution is 7.80. The summed E-state index contributed by atoms with van der Waals surface area (Å²) in [6.45, 7) is 2.47. The van der Waals surface area contributed by atoms with Crippen molar-refractivity contribution >= 4 is 18.3 Å². The Balaban J connectivity index is 2.81. The summed E-state index contributed by atoms with van der Waals surface area (Å²) in [7, 11) is 1.39. The number of ether oxygens (including phenoxy) is 2. The monoisotopic (exact) mass is 257 g/mol. The van der Waals surface area contributed by atoms with E-state index in [1.807, 2.05) is 6.92 Å². The van der Waals surface area contributed by atoms with Crippen LogP contribution in [0, 0.1) is 16.0 Å². The number of nitro groups is 1. The average molecular weight is 257 g/mol. The molecule has 0 N–H and O–H groups in total. The van der Waals surface area contributed by atoms with Crippen molar-refractivity contribution in [1.82, 2.24) is 0 Å². The number of methoxy groups -OCH3 is 1. The Labute approximate surface area is 105 Å². The third-order valence-corrected chi connectivity index (χ3v) is 2.82. The van der Waals surface area contributed by atoms with Crippen LogP contribution in [0.4, 0.5) is 5.69 Å². The van der Waals surface area contributed by atoms with Gasteiger partial charge in [-0.3, -0.25) is 10.1 Å². The van der Waals surface area contributed by atoms with E-state index in [0.29, 0.717) is 24.0 Å². The highest BCUT2D eigenvalue weighted by Gasteiger charge is 2.15. The molecular weight excluding hydrogens is 242 g/mol. The zero-order valence-electron chi connectivity index (χ0n) is 9.75. The maximum Gasteiger partial charge on any atom is 0.314 e. The van der Waals surface area contributed by atoms with Gasteiger partial charge in [-0.1, -0.05) is 6.92 Å². The largest absolute Gasteiger partial charge is 0.493 e. The average Bonchev–Trinajstić information content (AvgIpc) is 2.35. The quantitative estimate of drug-likeness (QED) is 0.483. The van der Waals surface area contributed by atoms with Crippen molar-refractivity contribution in [2.24, 2.45) is 5.92 Å². The van der Waals surface area contributed by atoms with E-state index in [0.717, 1.165) is 0 Å². The van der Waals surface area contributed by atoms with E-state index in [1.165, 1.54) is 19.2 Å². The number of rotatable bonds is 6. The summed E-state index contributed by atoms with van der Waals surface area (Å²) in [6.07, 6.45) is 0. The predicted octanol–water partition coefficient (Wildman–Crippen LogP) is 2.55. The van der Waals surface area contributed by atoms with E-state index >= 15 is 0 Å². The van der Waals surface area contributed by atoms with Crippen LogP contribution >= 0.6 is 12.6 Å². The minimum absolute atomic E-state index is 0.0940. The maximum absolute atomic E-state index is 10.8. The Morgan fingerprint density at radius 3 is 2.76 bits per heavy atom. The Kier molecular flexibility index (Phi) is 5.09. The summed E-state index contributed by atoms with van der Waals surface area (Å²) in [5, 5.41) is 10.8. The molecule has 0 aliphatic heterocycles. The zero-order chi connectivity index (χ0) is 12.8. The van der Waals surface area contributed by atoms with Crippen LogP contribution in [0.5, 0.6) is 11.5 Å². The molecule has 0 aliphatic carbocycles. The summed E-state index contributed by atoms with van der Waals surface area (Å²) >= 11 is 4.14. The Morgan fingerprint density at radius 1 is 1.53 bits per heavy atom. The lowest BCUT2D eigenvalue weighted by atomic mass is 10.2. The molecule has 0 bridgehead atoms. The molecule has 1 atom stereocenters. The van der Waals surface area contributed by atoms with E-state index in [9.17, 15) is 10.1 Å². The molecule has 0 radical (unpaired) electrons. The summed E-state index contributed by atoms with van der Waals surface area (Å²) in [5.41, 5.74) is -0.0940. The van der Waals surface area contributed by atoms with Crippen LogP contribution in [0.3, 0.4) is 0 Å². The summed E-state index contributed by atoms with van der Waals surface area (Å²) in [6, 6.07) is 4.54. The van der Waals surface area contributed by atoms with Crippen molar-refractivity contribution in [3.05, 3.63) is 28.3 Å². The van der Waals surface area contributed by atoms with Crippen LogP contribution in [0.2, 0.25) is 0 Å². The van der Waals surface area contributed by atoms with Crippen LogP contribution in [0.1, 0.15) is 6.92 Å². The predicted molar refractivity (Wildman–Crippen MR) is 68.2 cm³/mol. The van der Waals surface area contributed by atoms with Gasteiger partial charge in [0.25, 0.3) is 0 Å². The lowest BCUT2D eigenvalue weighted by molar-refractivity contribution is -0.385. The first-order valence-corrected chi connectivity index (χ1v) is 5.77. The van der Waals surface area contributed by atoms with E-state index in [4.69, 9.17) is 9.47 Å². The SMILES string of the molecule is COc1ccc(OCC(C)CS)cc1[N+](=O)[O-]. The Hall–Kier alpha value is -1.43. The molecule has 0 spiro atoms. The summed E-state index contributed by atoms with van der Waals surface area (Å²) in [4.78, 5) is 10.3. The molecule has 0 aromatic heterocycles. The third kappa shape index (κ3) is 3.81. The van der Waals surface area contributed by atoms with Gasteiger partial charge in [0.15, 0.2) is 5.75 Å². The Bertz CT molecular complexity index is 397. The highest BCUT2D eigenvalue weighted by Crippen LogP contribution is 2.30. The van der Waals surface area contributed by atoms with Crippen molar-refractivity contribution in [3.8, 4) is 11.5 Å². The molecule has 1 unspecified atom stereocenters. The molecule has 94 valence electrons. The highest BCUT2D eigenvalue weighted by atomic mass is 32.1. The molecule has 0 saturated carbocycles. The van der Waals surface area contributed by atoms with Gasteiger partial charge in [0.05, 0.1) is 24.7 Å². The molecule has 6 heteroatoms. The van der Waals surface area contributed by atoms with E-state index in [1.54, 1.807) is 6.07 Å². The number of hydrogen-bond acceptors (Lipinski definition) is 5. The van der Waals surface area contributed by atoms with Crippen molar-refractivity contribution in [3.63, 3.8) is 0 Å². The van der Waals surface area contributed by atoms with Crippen LogP contribution in [0.15, 0.2) is 18.2 Å². The number of thiol groups is 1. The fourth-order valence-electron chi connectivity index (χ4n) is 1.19. The van der Waals surface area contributed by atoms with Gasteiger partial charge in [-0.25, -0.2) is 0 Å². The minimum atomic E-state index is -0.492. The molecule has 0 aliphatic rings. The van der Waals surface area contributed by atoms with Gasteiger partial charge in [0.2, 0.25) is 0 Å². The van der Waals surface area contributed by atoms with Crippen LogP contribution in [0.25, 0.3) is 0 Å². The van der Waals surface area contributed by atoms with Gasteiger partial charge in [0, 0.05) is 0 Å². The fourth-order valence-corrected chi connectivity index (χ4v) is 1.30. The van der Waals surface area contributed by atoms with Crippen molar-refractivity contribution in [1.29, 1.82) is 0 Å². The first kappa shape index (κ1) is 13.6. The molecule has 1 aromatic rings. The molecule has 1 rings (SSSR count). The summed E-state index contributed by atoms with van der Waals surface area (Å²) in [5.74, 6) is 1.69. The van der Waals surface area contributed by atoms with Gasteiger partial charge in [-0.2, -0.15) is 12.6 Å². The van der Waals surface area contributed by atoms with Crippen molar-refractivity contribution in [2.75, 3.05) is 19.5 Å². The van der Waals surface area contributed by atoms with Crippen LogP contribution in [-0.2, 0) is 0 Å². The molecule has 0 amide bonds. The molecule has 0 saturated heterocycles. The lowest BCUT2D eigenvalue weighted by Crippen LogP contribution is -2.09. The first-order valence-electron chi connectivity index (χ1n) is 5.14. The second-order valence-electron chi connectivity index (χ2n) is 3.69. The fraction of sp³-hybridized carbons (Fsp3) is 0.455. The number of hydrogen-bond donors (Lipinski definition) is 1. The normalized spacial score (nSPS) is 11.9. The topological polar surface area (TPSA) is 61.6 Å². The zero-order valence-corrected chi connectivity index (χ0v) is 10.6. The number of nitrogens with zero attached hydrogens (tertiary/aromatic N) is 1. The molecule has 0 heterocycles. The van der Waals surface area contributed by atoms with Crippen molar-refractivity contribution in [2.45, 2.75) is 6.92 Å². The minimum Gasteiger partial charge on any atom is -0.493 e. The lowest BCUT2D eigenvalue weighted by Gasteiger charge is -2.11. The van der Waals surface area contributed by atoms with Gasteiger partial charge >= 0.3 is 5.69 Å². The van der Waals surface area contributed by atoms with Gasteiger partial charge in [0.1, 0.15) is 5.75 Å². The smallest absolute Gasteiger partial charge is 0.314 e. The Morgan fingerprint density at radius 2 is 2.24 bits per heavy atom. The maximum atomic E-state index is 10.8. The van der Waals surface area contributed by atoms with E-state index < -0.39 is 4.92 Å². The second kappa shape index (κ2) is 6.34. The van der Waals surface area contributed by atoms with Crippen LogP contribution < -0.4 is 9.47 Å². The van der Waals surface area contributed by atoms with Crippen LogP contribution in [-0.4, -0.2) is 24.4 Å². The second-order valence-corrected chi connectivity index (χ2v) is 4.05. The molecule has 5 nitrogen and oxygen atoms in total. The van der Waals surface area contributed by atoms with E-state index in [-0.39, 0.29) is 11.4 Å². The summed E-state index contributed by atoms with van der Waals surface area (Å²) < 4.78 is 10.3.